The molecule has 0 saturated carbocycles. The third kappa shape index (κ3) is 4.30. The summed E-state index contributed by atoms with van der Waals surface area (Å²) in [7, 11) is 0. The maximum Gasteiger partial charge on any atom is 0.326 e. The Morgan fingerprint density at radius 2 is 2.05 bits per heavy atom. The van der Waals surface area contributed by atoms with E-state index in [4.69, 9.17) is 10.8 Å². The molecule has 0 spiro atoms. The van der Waals surface area contributed by atoms with E-state index in [0.29, 0.717) is 0 Å². The summed E-state index contributed by atoms with van der Waals surface area (Å²) in [4.78, 5) is 33.5. The largest absolute Gasteiger partial charge is 0.480 e. The Labute approximate surface area is 122 Å². The number of benzene rings is 1. The van der Waals surface area contributed by atoms with Crippen molar-refractivity contribution in [3.05, 3.63) is 34.1 Å². The number of nitrogens with one attached hydrogen (secondary N) is 1. The molecule has 1 aromatic rings. The molecule has 1 aromatic carbocycles. The van der Waals surface area contributed by atoms with Crippen molar-refractivity contribution < 1.29 is 23.9 Å². The van der Waals surface area contributed by atoms with Gasteiger partial charge in [-0.2, -0.15) is 0 Å². The van der Waals surface area contributed by atoms with Crippen molar-refractivity contribution in [1.82, 2.24) is 5.32 Å². The average molecular weight is 347 g/mol. The lowest BCUT2D eigenvalue weighted by Crippen LogP contribution is -2.41. The van der Waals surface area contributed by atoms with Gasteiger partial charge < -0.3 is 16.2 Å². The summed E-state index contributed by atoms with van der Waals surface area (Å²) in [5.41, 5.74) is 4.63. The molecule has 0 bridgehead atoms. The normalized spacial score (nSPS) is 11.7. The van der Waals surface area contributed by atoms with Gasteiger partial charge in [0.1, 0.15) is 11.9 Å². The predicted molar refractivity (Wildman–Crippen MR) is 71.4 cm³/mol. The average Bonchev–Trinajstić information content (AvgIpc) is 2.33. The quantitative estimate of drug-likeness (QED) is 0.714. The zero-order valence-electron chi connectivity index (χ0n) is 10.2. The van der Waals surface area contributed by atoms with Crippen LogP contribution < -0.4 is 11.1 Å². The van der Waals surface area contributed by atoms with Crippen molar-refractivity contribution in [1.29, 1.82) is 0 Å². The summed E-state index contributed by atoms with van der Waals surface area (Å²) in [6, 6.07) is 2.62. The summed E-state index contributed by atoms with van der Waals surface area (Å²) >= 11 is 3.01. The fourth-order valence-corrected chi connectivity index (χ4v) is 2.01. The summed E-state index contributed by atoms with van der Waals surface area (Å²) < 4.78 is 13.8. The molecule has 0 heterocycles. The number of halogens is 2. The second kappa shape index (κ2) is 6.99. The van der Waals surface area contributed by atoms with E-state index in [1.165, 1.54) is 12.1 Å². The van der Waals surface area contributed by atoms with Crippen LogP contribution in [0.15, 0.2) is 22.7 Å². The first-order chi connectivity index (χ1) is 9.32. The molecule has 0 aromatic heterocycles. The molecule has 0 aliphatic rings. The summed E-state index contributed by atoms with van der Waals surface area (Å²) in [6.07, 6.45) is -0.363. The molecule has 0 radical (unpaired) electrons. The first-order valence-electron chi connectivity index (χ1n) is 5.59. The molecule has 0 fully saturated rings. The molecular formula is C12H12BrFN2O4. The van der Waals surface area contributed by atoms with Gasteiger partial charge in [0, 0.05) is 10.9 Å². The van der Waals surface area contributed by atoms with Crippen LogP contribution in [0.25, 0.3) is 0 Å². The minimum atomic E-state index is -1.33. The molecule has 0 aliphatic carbocycles. The Morgan fingerprint density at radius 3 is 2.55 bits per heavy atom. The highest BCUT2D eigenvalue weighted by Crippen LogP contribution is 2.19. The number of hydrogen-bond donors (Lipinski definition) is 3. The molecule has 0 saturated heterocycles. The monoisotopic (exact) mass is 346 g/mol. The third-order valence-corrected chi connectivity index (χ3v) is 3.13. The maximum absolute atomic E-state index is 13.6. The fraction of sp³-hybridized carbons (Fsp3) is 0.250. The standard InChI is InChI=1S/C12H12BrFN2O4/c13-6-2-1-3-7(14)10(6)11(18)16-8(12(19)20)4-5-9(15)17/h1-3,8H,4-5H2,(H2,15,17)(H,16,18)(H,19,20)/t8-/m0/s1. The van der Waals surface area contributed by atoms with Crippen LogP contribution in [0.3, 0.4) is 0 Å². The summed E-state index contributed by atoms with van der Waals surface area (Å²) in [5, 5.41) is 11.1. The second-order valence-electron chi connectivity index (χ2n) is 3.97. The van der Waals surface area contributed by atoms with Crippen molar-refractivity contribution in [2.24, 2.45) is 5.73 Å². The minimum Gasteiger partial charge on any atom is -0.480 e. The van der Waals surface area contributed by atoms with Gasteiger partial charge >= 0.3 is 5.97 Å². The lowest BCUT2D eigenvalue weighted by Gasteiger charge is -2.14. The molecule has 2 amide bonds. The van der Waals surface area contributed by atoms with Crippen molar-refractivity contribution >= 4 is 33.7 Å². The Morgan fingerprint density at radius 1 is 1.40 bits per heavy atom. The molecule has 20 heavy (non-hydrogen) atoms. The van der Waals surface area contributed by atoms with Crippen LogP contribution in [0, 0.1) is 5.82 Å². The van der Waals surface area contributed by atoms with Crippen molar-refractivity contribution in [3.8, 4) is 0 Å². The Hall–Kier alpha value is -1.96. The van der Waals surface area contributed by atoms with Gasteiger partial charge in [0.15, 0.2) is 0 Å². The van der Waals surface area contributed by atoms with Crippen LogP contribution >= 0.6 is 15.9 Å². The van der Waals surface area contributed by atoms with E-state index < -0.39 is 29.6 Å². The maximum atomic E-state index is 13.6. The van der Waals surface area contributed by atoms with Gasteiger partial charge in [-0.15, -0.1) is 0 Å². The summed E-state index contributed by atoms with van der Waals surface area (Å²) in [5.74, 6) is -3.67. The van der Waals surface area contributed by atoms with E-state index in [2.05, 4.69) is 21.2 Å². The van der Waals surface area contributed by atoms with Crippen LogP contribution in [0.1, 0.15) is 23.2 Å². The highest BCUT2D eigenvalue weighted by Gasteiger charge is 2.23. The third-order valence-electron chi connectivity index (χ3n) is 2.47. The number of carbonyl (C=O) groups excluding carboxylic acids is 2. The first kappa shape index (κ1) is 16.1. The van der Waals surface area contributed by atoms with Crippen LogP contribution in [0.2, 0.25) is 0 Å². The van der Waals surface area contributed by atoms with E-state index >= 15 is 0 Å². The molecular weight excluding hydrogens is 335 g/mol. The Kier molecular flexibility index (Phi) is 5.63. The number of carboxylic acids is 1. The van der Waals surface area contributed by atoms with Gasteiger partial charge in [-0.25, -0.2) is 9.18 Å². The van der Waals surface area contributed by atoms with Gasteiger partial charge in [-0.3, -0.25) is 9.59 Å². The molecule has 0 aliphatic heterocycles. The van der Waals surface area contributed by atoms with Gasteiger partial charge in [0.25, 0.3) is 5.91 Å². The van der Waals surface area contributed by atoms with Gasteiger partial charge in [-0.1, -0.05) is 6.07 Å². The number of rotatable bonds is 6. The number of carbonyl (C=O) groups is 3. The zero-order chi connectivity index (χ0) is 15.3. The molecule has 8 heteroatoms. The zero-order valence-corrected chi connectivity index (χ0v) is 11.8. The van der Waals surface area contributed by atoms with Gasteiger partial charge in [0.2, 0.25) is 5.91 Å². The molecule has 4 N–H and O–H groups in total. The number of hydrogen-bond acceptors (Lipinski definition) is 3. The molecule has 0 unspecified atom stereocenters. The minimum absolute atomic E-state index is 0.164. The number of amides is 2. The molecule has 108 valence electrons. The predicted octanol–water partition coefficient (Wildman–Crippen LogP) is 1.04. The smallest absolute Gasteiger partial charge is 0.326 e. The second-order valence-corrected chi connectivity index (χ2v) is 4.82. The SMILES string of the molecule is NC(=O)CC[C@H](NC(=O)c1c(F)cccc1Br)C(=O)O. The van der Waals surface area contributed by atoms with E-state index in [-0.39, 0.29) is 22.9 Å². The lowest BCUT2D eigenvalue weighted by atomic mass is 10.1. The molecule has 1 rings (SSSR count). The highest BCUT2D eigenvalue weighted by molar-refractivity contribution is 9.10. The van der Waals surface area contributed by atoms with Crippen LogP contribution in [-0.4, -0.2) is 28.9 Å². The molecule has 6 nitrogen and oxygen atoms in total. The van der Waals surface area contributed by atoms with Crippen LogP contribution in [-0.2, 0) is 9.59 Å². The lowest BCUT2D eigenvalue weighted by molar-refractivity contribution is -0.139. The van der Waals surface area contributed by atoms with Crippen molar-refractivity contribution in [2.75, 3.05) is 0 Å². The van der Waals surface area contributed by atoms with Crippen molar-refractivity contribution in [3.63, 3.8) is 0 Å². The summed E-state index contributed by atoms with van der Waals surface area (Å²) in [6.45, 7) is 0. The van der Waals surface area contributed by atoms with E-state index in [9.17, 15) is 18.8 Å². The Balaban J connectivity index is 2.86. The van der Waals surface area contributed by atoms with E-state index in [1.54, 1.807) is 0 Å². The first-order valence-corrected chi connectivity index (χ1v) is 6.38. The molecule has 1 atom stereocenters. The Bertz CT molecular complexity index is 530. The van der Waals surface area contributed by atoms with Gasteiger partial charge in [-0.05, 0) is 34.5 Å². The highest BCUT2D eigenvalue weighted by atomic mass is 79.9. The van der Waals surface area contributed by atoms with E-state index in [1.807, 2.05) is 0 Å². The van der Waals surface area contributed by atoms with E-state index in [0.717, 1.165) is 6.07 Å². The van der Waals surface area contributed by atoms with Crippen molar-refractivity contribution in [2.45, 2.75) is 18.9 Å². The number of aliphatic carboxylic acids is 1. The number of carboxylic acid groups (broad SMARTS) is 1. The number of primary amides is 1. The van der Waals surface area contributed by atoms with Gasteiger partial charge in [0.05, 0.1) is 5.56 Å². The fourth-order valence-electron chi connectivity index (χ4n) is 1.49. The number of nitrogens with two attached hydrogens (primary N) is 1. The topological polar surface area (TPSA) is 109 Å². The van der Waals surface area contributed by atoms with Crippen LogP contribution in [0.5, 0.6) is 0 Å². The van der Waals surface area contributed by atoms with Crippen LogP contribution in [0.4, 0.5) is 4.39 Å².